The van der Waals surface area contributed by atoms with Crippen molar-refractivity contribution < 1.29 is 4.74 Å². The van der Waals surface area contributed by atoms with E-state index in [1.807, 2.05) is 23.9 Å². The Morgan fingerprint density at radius 2 is 2.00 bits per heavy atom. The van der Waals surface area contributed by atoms with Crippen LogP contribution in [0, 0.1) is 5.92 Å². The van der Waals surface area contributed by atoms with Crippen LogP contribution in [-0.4, -0.2) is 12.4 Å². The fourth-order valence-corrected chi connectivity index (χ4v) is 2.54. The molecule has 0 saturated carbocycles. The van der Waals surface area contributed by atoms with Crippen LogP contribution in [-0.2, 0) is 12.3 Å². The molecule has 0 amide bonds. The van der Waals surface area contributed by atoms with Gasteiger partial charge in [-0.1, -0.05) is 26.8 Å². The molecule has 0 spiro atoms. The van der Waals surface area contributed by atoms with Gasteiger partial charge in [0.2, 0.25) is 0 Å². The third kappa shape index (κ3) is 4.25. The number of methoxy groups -OCH3 is 1. The Balaban J connectivity index is 2.74. The van der Waals surface area contributed by atoms with Gasteiger partial charge in [0.15, 0.2) is 0 Å². The average Bonchev–Trinajstić information content (AvgIpc) is 2.35. The summed E-state index contributed by atoms with van der Waals surface area (Å²) < 4.78 is 5.38. The second kappa shape index (κ2) is 6.92. The largest absolute Gasteiger partial charge is 0.496 e. The first-order valence-electron chi connectivity index (χ1n) is 6.06. The van der Waals surface area contributed by atoms with E-state index in [1.165, 1.54) is 11.1 Å². The zero-order valence-corrected chi connectivity index (χ0v) is 12.0. The number of ether oxygens (including phenoxy) is 1. The minimum Gasteiger partial charge on any atom is -0.496 e. The Kier molecular flexibility index (Phi) is 5.86. The lowest BCUT2D eigenvalue weighted by molar-refractivity contribution is 0.411. The molecule has 0 radical (unpaired) electrons. The number of thioether (sulfide) groups is 1. The number of hydrogen-bond acceptors (Lipinski definition) is 3. The third-order valence-electron chi connectivity index (χ3n) is 3.02. The molecule has 2 nitrogen and oxygen atoms in total. The molecule has 0 bridgehead atoms. The molecule has 1 unspecified atom stereocenters. The van der Waals surface area contributed by atoms with Crippen molar-refractivity contribution in [2.45, 2.75) is 38.3 Å². The molecule has 1 atom stereocenters. The Hall–Kier alpha value is -0.670. The van der Waals surface area contributed by atoms with Crippen molar-refractivity contribution in [1.82, 2.24) is 0 Å². The molecule has 3 heteroatoms. The van der Waals surface area contributed by atoms with Crippen LogP contribution < -0.4 is 10.5 Å². The first kappa shape index (κ1) is 14.4. The van der Waals surface area contributed by atoms with Crippen LogP contribution in [0.3, 0.4) is 0 Å². The first-order valence-corrected chi connectivity index (χ1v) is 7.10. The molecule has 0 saturated heterocycles. The summed E-state index contributed by atoms with van der Waals surface area (Å²) in [7, 11) is 1.72. The molecule has 0 fully saturated rings. The van der Waals surface area contributed by atoms with E-state index in [2.05, 4.69) is 26.8 Å². The van der Waals surface area contributed by atoms with Gasteiger partial charge < -0.3 is 10.5 Å². The van der Waals surface area contributed by atoms with Crippen LogP contribution in [0.25, 0.3) is 0 Å². The molecule has 0 aliphatic rings. The highest BCUT2D eigenvalue weighted by Gasteiger charge is 2.10. The van der Waals surface area contributed by atoms with Crippen molar-refractivity contribution in [2.24, 2.45) is 11.7 Å². The summed E-state index contributed by atoms with van der Waals surface area (Å²) >= 11 is 1.97. The second-order valence-electron chi connectivity index (χ2n) is 4.61. The number of benzene rings is 1. The van der Waals surface area contributed by atoms with Crippen LogP contribution >= 0.6 is 11.8 Å². The molecule has 0 aliphatic carbocycles. The predicted molar refractivity (Wildman–Crippen MR) is 76.5 cm³/mol. The van der Waals surface area contributed by atoms with Crippen molar-refractivity contribution in [2.75, 3.05) is 7.11 Å². The van der Waals surface area contributed by atoms with Crippen molar-refractivity contribution in [3.05, 3.63) is 29.3 Å². The van der Waals surface area contributed by atoms with Crippen LogP contribution in [0.5, 0.6) is 5.75 Å². The van der Waals surface area contributed by atoms with Gasteiger partial charge in [-0.3, -0.25) is 0 Å². The lowest BCUT2D eigenvalue weighted by atomic mass is 10.1. The average molecular weight is 253 g/mol. The normalized spacial score (nSPS) is 12.8. The third-order valence-corrected chi connectivity index (χ3v) is 4.57. The summed E-state index contributed by atoms with van der Waals surface area (Å²) in [5.41, 5.74) is 8.08. The molecule has 2 N–H and O–H groups in total. The van der Waals surface area contributed by atoms with E-state index in [1.54, 1.807) is 7.11 Å². The molecule has 0 heterocycles. The molecular weight excluding hydrogens is 230 g/mol. The lowest BCUT2D eigenvalue weighted by Gasteiger charge is -2.16. The van der Waals surface area contributed by atoms with Crippen LogP contribution in [0.2, 0.25) is 0 Å². The molecular formula is C14H23NOS. The highest BCUT2D eigenvalue weighted by molar-refractivity contribution is 7.99. The van der Waals surface area contributed by atoms with Gasteiger partial charge >= 0.3 is 0 Å². The van der Waals surface area contributed by atoms with E-state index < -0.39 is 0 Å². The highest BCUT2D eigenvalue weighted by atomic mass is 32.2. The monoisotopic (exact) mass is 253 g/mol. The van der Waals surface area contributed by atoms with E-state index in [0.29, 0.717) is 17.7 Å². The maximum atomic E-state index is 5.67. The fraction of sp³-hybridized carbons (Fsp3) is 0.571. The lowest BCUT2D eigenvalue weighted by Crippen LogP contribution is -2.06. The summed E-state index contributed by atoms with van der Waals surface area (Å²) in [6.07, 6.45) is 0. The predicted octanol–water partition coefficient (Wildman–Crippen LogP) is 3.43. The standard InChI is InChI=1S/C14H23NOS/c1-10(2)11(3)17-9-13-7-12(8-15)5-6-14(13)16-4/h5-7,10-11H,8-9,15H2,1-4H3. The fourth-order valence-electron chi connectivity index (χ4n) is 1.49. The number of nitrogens with two attached hydrogens (primary N) is 1. The minimum atomic E-state index is 0.585. The van der Waals surface area contributed by atoms with Crippen molar-refractivity contribution >= 4 is 11.8 Å². The second-order valence-corrected chi connectivity index (χ2v) is 5.98. The Morgan fingerprint density at radius 1 is 1.29 bits per heavy atom. The summed E-state index contributed by atoms with van der Waals surface area (Å²) in [5, 5.41) is 0.654. The number of hydrogen-bond donors (Lipinski definition) is 1. The van der Waals surface area contributed by atoms with Crippen molar-refractivity contribution in [1.29, 1.82) is 0 Å². The van der Waals surface area contributed by atoms with Gasteiger partial charge in [0.1, 0.15) is 5.75 Å². The maximum absolute atomic E-state index is 5.67. The van der Waals surface area contributed by atoms with Crippen molar-refractivity contribution in [3.8, 4) is 5.75 Å². The quantitative estimate of drug-likeness (QED) is 0.843. The molecule has 1 aromatic rings. The molecule has 17 heavy (non-hydrogen) atoms. The van der Waals surface area contributed by atoms with Gasteiger partial charge in [0, 0.05) is 23.1 Å². The molecule has 96 valence electrons. The van der Waals surface area contributed by atoms with E-state index in [4.69, 9.17) is 10.5 Å². The Labute approximate surface area is 109 Å². The van der Waals surface area contributed by atoms with E-state index in [9.17, 15) is 0 Å². The Morgan fingerprint density at radius 3 is 2.53 bits per heavy atom. The zero-order chi connectivity index (χ0) is 12.8. The Bertz CT molecular complexity index is 352. The minimum absolute atomic E-state index is 0.585. The summed E-state index contributed by atoms with van der Waals surface area (Å²) in [6.45, 7) is 7.37. The summed E-state index contributed by atoms with van der Waals surface area (Å²) in [6, 6.07) is 6.19. The van der Waals surface area contributed by atoms with Gasteiger partial charge in [-0.2, -0.15) is 11.8 Å². The highest BCUT2D eigenvalue weighted by Crippen LogP contribution is 2.28. The van der Waals surface area contributed by atoms with Crippen molar-refractivity contribution in [3.63, 3.8) is 0 Å². The smallest absolute Gasteiger partial charge is 0.122 e. The summed E-state index contributed by atoms with van der Waals surface area (Å²) in [5.74, 6) is 2.64. The van der Waals surface area contributed by atoms with Gasteiger partial charge in [0.25, 0.3) is 0 Å². The van der Waals surface area contributed by atoms with Gasteiger partial charge in [-0.15, -0.1) is 0 Å². The molecule has 0 aliphatic heterocycles. The SMILES string of the molecule is COc1ccc(CN)cc1CSC(C)C(C)C. The first-order chi connectivity index (χ1) is 8.08. The molecule has 1 aromatic carbocycles. The van der Waals surface area contributed by atoms with E-state index >= 15 is 0 Å². The van der Waals surface area contributed by atoms with Gasteiger partial charge in [0.05, 0.1) is 7.11 Å². The molecule has 1 rings (SSSR count). The zero-order valence-electron chi connectivity index (χ0n) is 11.2. The molecule has 0 aromatic heterocycles. The van der Waals surface area contributed by atoms with E-state index in [0.717, 1.165) is 11.5 Å². The van der Waals surface area contributed by atoms with Crippen LogP contribution in [0.4, 0.5) is 0 Å². The van der Waals surface area contributed by atoms with Gasteiger partial charge in [-0.25, -0.2) is 0 Å². The van der Waals surface area contributed by atoms with Gasteiger partial charge in [-0.05, 0) is 23.6 Å². The topological polar surface area (TPSA) is 35.2 Å². The van der Waals surface area contributed by atoms with Crippen LogP contribution in [0.15, 0.2) is 18.2 Å². The van der Waals surface area contributed by atoms with Crippen LogP contribution in [0.1, 0.15) is 31.9 Å². The number of rotatable bonds is 6. The van der Waals surface area contributed by atoms with E-state index in [-0.39, 0.29) is 0 Å². The summed E-state index contributed by atoms with van der Waals surface area (Å²) in [4.78, 5) is 0. The maximum Gasteiger partial charge on any atom is 0.122 e.